The zero-order valence-corrected chi connectivity index (χ0v) is 18.7. The molecule has 0 aliphatic carbocycles. The predicted molar refractivity (Wildman–Crippen MR) is 127 cm³/mol. The number of piperazine rings is 1. The van der Waals surface area contributed by atoms with Crippen LogP contribution in [0.3, 0.4) is 0 Å². The van der Waals surface area contributed by atoms with Gasteiger partial charge in [-0.3, -0.25) is 0 Å². The van der Waals surface area contributed by atoms with E-state index in [9.17, 15) is 4.39 Å². The van der Waals surface area contributed by atoms with Crippen molar-refractivity contribution in [3.63, 3.8) is 0 Å². The lowest BCUT2D eigenvalue weighted by atomic mass is 10.1. The number of hydrogen-bond acceptors (Lipinski definition) is 6. The minimum atomic E-state index is -0.239. The Balaban J connectivity index is 1.43. The number of benzene rings is 1. The Kier molecular flexibility index (Phi) is 5.64. The van der Waals surface area contributed by atoms with Crippen LogP contribution in [0.25, 0.3) is 11.3 Å². The van der Waals surface area contributed by atoms with Crippen molar-refractivity contribution in [3.8, 4) is 11.3 Å². The van der Waals surface area contributed by atoms with Gasteiger partial charge in [0.1, 0.15) is 17.5 Å². The maximum atomic E-state index is 13.5. The molecule has 0 radical (unpaired) electrons. The number of aromatic nitrogens is 3. The van der Waals surface area contributed by atoms with Crippen molar-refractivity contribution < 1.29 is 4.39 Å². The number of aryl methyl sites for hydroxylation is 1. The summed E-state index contributed by atoms with van der Waals surface area (Å²) in [6.45, 7) is 8.83. The first-order valence-corrected chi connectivity index (χ1v) is 11.4. The van der Waals surface area contributed by atoms with Crippen molar-refractivity contribution in [2.75, 3.05) is 47.4 Å². The molecule has 1 unspecified atom stereocenters. The Labute approximate surface area is 188 Å². The highest BCUT2D eigenvalue weighted by Gasteiger charge is 2.26. The monoisotopic (exact) mass is 432 g/mol. The number of anilines is 3. The van der Waals surface area contributed by atoms with Crippen LogP contribution >= 0.6 is 0 Å². The summed E-state index contributed by atoms with van der Waals surface area (Å²) in [4.78, 5) is 21.4. The normalized spacial score (nSPS) is 19.0. The second-order valence-corrected chi connectivity index (χ2v) is 8.72. The highest BCUT2D eigenvalue weighted by Crippen LogP contribution is 2.30. The van der Waals surface area contributed by atoms with Gasteiger partial charge in [-0.15, -0.1) is 0 Å². The van der Waals surface area contributed by atoms with Crippen molar-refractivity contribution in [1.82, 2.24) is 15.0 Å². The fraction of sp³-hybridized carbons (Fsp3) is 0.400. The number of pyridine rings is 1. The second-order valence-electron chi connectivity index (χ2n) is 8.72. The molecule has 1 aromatic carbocycles. The van der Waals surface area contributed by atoms with E-state index < -0.39 is 0 Å². The number of hydrogen-bond donors (Lipinski definition) is 0. The molecule has 2 saturated heterocycles. The summed E-state index contributed by atoms with van der Waals surface area (Å²) in [5.41, 5.74) is 2.95. The molecule has 6 nitrogen and oxygen atoms in total. The second kappa shape index (κ2) is 8.73. The average Bonchev–Trinajstić information content (AvgIpc) is 3.26. The van der Waals surface area contributed by atoms with E-state index in [2.05, 4.69) is 39.6 Å². The smallest absolute Gasteiger partial charge is 0.228 e. The molecular formula is C25H29FN6. The Hall–Kier alpha value is -3.22. The third-order valence-corrected chi connectivity index (χ3v) is 6.54. The molecule has 2 aliphatic rings. The van der Waals surface area contributed by atoms with Gasteiger partial charge in [-0.2, -0.15) is 4.98 Å². The lowest BCUT2D eigenvalue weighted by molar-refractivity contribution is 0.628. The average molecular weight is 433 g/mol. The van der Waals surface area contributed by atoms with Crippen LogP contribution < -0.4 is 14.7 Å². The summed E-state index contributed by atoms with van der Waals surface area (Å²) >= 11 is 0. The van der Waals surface area contributed by atoms with E-state index in [4.69, 9.17) is 9.97 Å². The summed E-state index contributed by atoms with van der Waals surface area (Å²) in [5, 5.41) is 0. The van der Waals surface area contributed by atoms with Gasteiger partial charge in [-0.25, -0.2) is 14.4 Å². The molecule has 4 heterocycles. The summed E-state index contributed by atoms with van der Waals surface area (Å²) in [7, 11) is 0. The Morgan fingerprint density at radius 2 is 1.69 bits per heavy atom. The van der Waals surface area contributed by atoms with E-state index in [1.807, 2.05) is 18.3 Å². The number of nitrogens with zero attached hydrogens (tertiary/aromatic N) is 6. The fourth-order valence-corrected chi connectivity index (χ4v) is 4.67. The topological polar surface area (TPSA) is 48.4 Å². The van der Waals surface area contributed by atoms with Crippen LogP contribution in [0.2, 0.25) is 0 Å². The Morgan fingerprint density at radius 3 is 2.38 bits per heavy atom. The summed E-state index contributed by atoms with van der Waals surface area (Å²) in [5.74, 6) is 2.53. The zero-order chi connectivity index (χ0) is 22.1. The molecular weight excluding hydrogens is 403 g/mol. The van der Waals surface area contributed by atoms with Crippen molar-refractivity contribution in [1.29, 1.82) is 0 Å². The van der Waals surface area contributed by atoms with Gasteiger partial charge in [0.05, 0.1) is 5.69 Å². The van der Waals surface area contributed by atoms with E-state index in [1.165, 1.54) is 17.7 Å². The SMILES string of the molecule is Cc1cccnc1N1CCN(c2cc(-c3ccc(F)cc3)nc(N3CCCC3C)n2)CC1. The van der Waals surface area contributed by atoms with Crippen LogP contribution in [0.15, 0.2) is 48.7 Å². The number of halogens is 1. The van der Waals surface area contributed by atoms with Crippen LogP contribution in [0, 0.1) is 12.7 Å². The molecule has 2 aliphatic heterocycles. The molecule has 2 aromatic heterocycles. The molecule has 0 saturated carbocycles. The van der Waals surface area contributed by atoms with Crippen LogP contribution in [0.1, 0.15) is 25.3 Å². The van der Waals surface area contributed by atoms with Crippen LogP contribution in [-0.4, -0.2) is 53.7 Å². The first-order chi connectivity index (χ1) is 15.6. The van der Waals surface area contributed by atoms with Crippen molar-refractivity contribution in [2.45, 2.75) is 32.7 Å². The van der Waals surface area contributed by atoms with Gasteiger partial charge < -0.3 is 14.7 Å². The fourth-order valence-electron chi connectivity index (χ4n) is 4.67. The first kappa shape index (κ1) is 20.7. The first-order valence-electron chi connectivity index (χ1n) is 11.4. The summed E-state index contributed by atoms with van der Waals surface area (Å²) in [6.07, 6.45) is 4.17. The third kappa shape index (κ3) is 4.11. The molecule has 0 bridgehead atoms. The van der Waals surface area contributed by atoms with E-state index >= 15 is 0 Å². The quantitative estimate of drug-likeness (QED) is 0.613. The minimum Gasteiger partial charge on any atom is -0.353 e. The van der Waals surface area contributed by atoms with E-state index in [0.29, 0.717) is 6.04 Å². The lowest BCUT2D eigenvalue weighted by Gasteiger charge is -2.37. The largest absolute Gasteiger partial charge is 0.353 e. The molecule has 0 amide bonds. The highest BCUT2D eigenvalue weighted by atomic mass is 19.1. The standard InChI is InChI=1S/C25H29FN6/c1-18-5-3-11-27-24(18)31-15-13-30(14-16-31)23-17-22(20-7-9-21(26)10-8-20)28-25(29-23)32-12-4-6-19(32)2/h3,5,7-11,17,19H,4,6,12-16H2,1-2H3. The Morgan fingerprint density at radius 1 is 0.938 bits per heavy atom. The van der Waals surface area contributed by atoms with Gasteiger partial charge in [0, 0.05) is 56.6 Å². The van der Waals surface area contributed by atoms with Crippen molar-refractivity contribution in [3.05, 3.63) is 60.0 Å². The van der Waals surface area contributed by atoms with Gasteiger partial charge in [0.25, 0.3) is 0 Å². The van der Waals surface area contributed by atoms with Gasteiger partial charge >= 0.3 is 0 Å². The van der Waals surface area contributed by atoms with E-state index in [0.717, 1.165) is 74.4 Å². The molecule has 3 aromatic rings. The minimum absolute atomic E-state index is 0.239. The summed E-state index contributed by atoms with van der Waals surface area (Å²) < 4.78 is 13.5. The maximum absolute atomic E-state index is 13.5. The highest BCUT2D eigenvalue weighted by molar-refractivity contribution is 5.65. The van der Waals surface area contributed by atoms with Gasteiger partial charge in [-0.1, -0.05) is 6.07 Å². The van der Waals surface area contributed by atoms with Crippen LogP contribution in [0.4, 0.5) is 22.0 Å². The molecule has 0 N–H and O–H groups in total. The Bertz CT molecular complexity index is 1080. The van der Waals surface area contributed by atoms with Crippen LogP contribution in [-0.2, 0) is 0 Å². The summed E-state index contributed by atoms with van der Waals surface area (Å²) in [6, 6.07) is 13.1. The molecule has 5 rings (SSSR count). The molecule has 1 atom stereocenters. The van der Waals surface area contributed by atoms with Gasteiger partial charge in [0.15, 0.2) is 0 Å². The lowest BCUT2D eigenvalue weighted by Crippen LogP contribution is -2.47. The third-order valence-electron chi connectivity index (χ3n) is 6.54. The molecule has 0 spiro atoms. The van der Waals surface area contributed by atoms with Gasteiger partial charge in [0.2, 0.25) is 5.95 Å². The molecule has 166 valence electrons. The van der Waals surface area contributed by atoms with E-state index in [-0.39, 0.29) is 5.82 Å². The van der Waals surface area contributed by atoms with Gasteiger partial charge in [-0.05, 0) is 62.6 Å². The maximum Gasteiger partial charge on any atom is 0.228 e. The van der Waals surface area contributed by atoms with Crippen LogP contribution in [0.5, 0.6) is 0 Å². The molecule has 32 heavy (non-hydrogen) atoms. The van der Waals surface area contributed by atoms with Crippen molar-refractivity contribution >= 4 is 17.6 Å². The molecule has 2 fully saturated rings. The van der Waals surface area contributed by atoms with Crippen molar-refractivity contribution in [2.24, 2.45) is 0 Å². The number of rotatable bonds is 4. The molecule has 7 heteroatoms. The predicted octanol–water partition coefficient (Wildman–Crippen LogP) is 4.30. The van der Waals surface area contributed by atoms with E-state index in [1.54, 1.807) is 12.1 Å². The zero-order valence-electron chi connectivity index (χ0n) is 18.7.